The zero-order valence-corrected chi connectivity index (χ0v) is 22.2. The van der Waals surface area contributed by atoms with Crippen molar-refractivity contribution in [1.82, 2.24) is 4.57 Å². The van der Waals surface area contributed by atoms with E-state index in [-0.39, 0.29) is 11.2 Å². The van der Waals surface area contributed by atoms with E-state index >= 15 is 0 Å². The summed E-state index contributed by atoms with van der Waals surface area (Å²) in [5, 5.41) is 11.6. The minimum Gasteiger partial charge on any atom is -0.493 e. The summed E-state index contributed by atoms with van der Waals surface area (Å²) < 4.78 is 13.3. The first-order valence-electron chi connectivity index (χ1n) is 12.7. The number of allylic oxidation sites excluding steroid dienone is 1. The molecule has 1 unspecified atom stereocenters. The molecule has 0 spiro atoms. The second kappa shape index (κ2) is 9.99. The smallest absolute Gasteiger partial charge is 0.271 e. The number of rotatable bonds is 6. The van der Waals surface area contributed by atoms with Gasteiger partial charge in [0.15, 0.2) is 16.3 Å². The first-order valence-corrected chi connectivity index (χ1v) is 13.5. The van der Waals surface area contributed by atoms with Crippen LogP contribution in [0.2, 0.25) is 0 Å². The Balaban J connectivity index is 1.58. The Bertz CT molecular complexity index is 1840. The molecule has 0 radical (unpaired) electrons. The second-order valence-corrected chi connectivity index (χ2v) is 10.3. The Labute approximate surface area is 228 Å². The van der Waals surface area contributed by atoms with Crippen LogP contribution < -0.4 is 24.4 Å². The van der Waals surface area contributed by atoms with E-state index in [0.717, 1.165) is 28.8 Å². The molecule has 2 aliphatic rings. The van der Waals surface area contributed by atoms with Gasteiger partial charge in [0, 0.05) is 17.7 Å². The first kappa shape index (κ1) is 24.8. The molecule has 0 bridgehead atoms. The van der Waals surface area contributed by atoms with Crippen LogP contribution in [-0.4, -0.2) is 23.2 Å². The molecule has 39 heavy (non-hydrogen) atoms. The average Bonchev–Trinajstić information content (AvgIpc) is 3.26. The van der Waals surface area contributed by atoms with Crippen molar-refractivity contribution in [1.29, 1.82) is 0 Å². The zero-order chi connectivity index (χ0) is 27.1. The quantitative estimate of drug-likeness (QED) is 0.263. The molecule has 2 heterocycles. The fraction of sp³-hybridized carbons (Fsp3) is 0.200. The van der Waals surface area contributed by atoms with E-state index in [1.54, 1.807) is 23.8 Å². The number of fused-ring (bicyclic) bond motifs is 3. The Morgan fingerprint density at radius 1 is 1.10 bits per heavy atom. The highest BCUT2D eigenvalue weighted by Gasteiger charge is 2.33. The zero-order valence-electron chi connectivity index (χ0n) is 21.4. The molecule has 4 aromatic rings. The standard InChI is InChI=1S/C30H25N3O5S/c1-3-38-25-15-18(11-14-24(25)37-2)16-26-29(34)32-28(20-8-6-9-21(17-20)33(35)36)23-13-12-19-7-4-5-10-22(19)27(23)31-30(32)39-26/h4-11,14-17,28H,3,12-13H2,1-2H3. The molecule has 1 aliphatic carbocycles. The minimum absolute atomic E-state index is 0.00771. The number of nitrogens with zero attached hydrogens (tertiary/aromatic N) is 3. The third kappa shape index (κ3) is 4.34. The highest BCUT2D eigenvalue weighted by Crippen LogP contribution is 2.41. The molecule has 0 saturated heterocycles. The summed E-state index contributed by atoms with van der Waals surface area (Å²) in [6, 6.07) is 19.8. The van der Waals surface area contributed by atoms with Crippen molar-refractivity contribution in [2.45, 2.75) is 25.8 Å². The van der Waals surface area contributed by atoms with E-state index in [1.807, 2.05) is 49.4 Å². The molecule has 6 rings (SSSR count). The van der Waals surface area contributed by atoms with Gasteiger partial charge in [-0.25, -0.2) is 4.99 Å². The number of hydrogen-bond acceptors (Lipinski definition) is 7. The third-order valence-corrected chi connectivity index (χ3v) is 8.04. The summed E-state index contributed by atoms with van der Waals surface area (Å²) in [6.45, 7) is 2.39. The molecule has 0 N–H and O–H groups in total. The van der Waals surface area contributed by atoms with Gasteiger partial charge < -0.3 is 9.47 Å². The van der Waals surface area contributed by atoms with E-state index in [9.17, 15) is 14.9 Å². The highest BCUT2D eigenvalue weighted by atomic mass is 32.1. The number of methoxy groups -OCH3 is 1. The van der Waals surface area contributed by atoms with E-state index in [2.05, 4.69) is 12.1 Å². The summed E-state index contributed by atoms with van der Waals surface area (Å²) in [4.78, 5) is 30.7. The van der Waals surface area contributed by atoms with Crippen LogP contribution in [0.15, 0.2) is 82.1 Å². The summed E-state index contributed by atoms with van der Waals surface area (Å²) in [7, 11) is 1.59. The van der Waals surface area contributed by atoms with Crippen LogP contribution >= 0.6 is 11.3 Å². The number of hydrogen-bond donors (Lipinski definition) is 0. The van der Waals surface area contributed by atoms with E-state index in [1.165, 1.54) is 23.0 Å². The topological polar surface area (TPSA) is 96.0 Å². The molecule has 0 saturated carbocycles. The van der Waals surface area contributed by atoms with Gasteiger partial charge in [-0.15, -0.1) is 0 Å². The number of aryl methyl sites for hydroxylation is 1. The number of ether oxygens (including phenoxy) is 2. The van der Waals surface area contributed by atoms with Crippen LogP contribution in [0, 0.1) is 10.1 Å². The third-order valence-electron chi connectivity index (χ3n) is 7.06. The van der Waals surface area contributed by atoms with E-state index < -0.39 is 11.0 Å². The molecular formula is C30H25N3O5S. The van der Waals surface area contributed by atoms with Crippen LogP contribution in [-0.2, 0) is 6.42 Å². The predicted molar refractivity (Wildman–Crippen MR) is 150 cm³/mol. The van der Waals surface area contributed by atoms with Gasteiger partial charge in [0.05, 0.1) is 34.9 Å². The largest absolute Gasteiger partial charge is 0.493 e. The number of aromatic nitrogens is 1. The molecule has 1 atom stereocenters. The van der Waals surface area contributed by atoms with Crippen molar-refractivity contribution in [3.05, 3.63) is 124 Å². The maximum atomic E-state index is 13.9. The van der Waals surface area contributed by atoms with Crippen molar-refractivity contribution in [3.8, 4) is 11.5 Å². The van der Waals surface area contributed by atoms with Crippen molar-refractivity contribution in [2.75, 3.05) is 13.7 Å². The molecule has 3 aromatic carbocycles. The van der Waals surface area contributed by atoms with Crippen molar-refractivity contribution in [2.24, 2.45) is 4.99 Å². The maximum absolute atomic E-state index is 13.9. The fourth-order valence-corrected chi connectivity index (χ4v) is 6.33. The molecule has 0 fully saturated rings. The summed E-state index contributed by atoms with van der Waals surface area (Å²) in [6.07, 6.45) is 3.35. The van der Waals surface area contributed by atoms with Gasteiger partial charge in [-0.05, 0) is 60.2 Å². The second-order valence-electron chi connectivity index (χ2n) is 9.31. The lowest BCUT2D eigenvalue weighted by molar-refractivity contribution is -0.384. The van der Waals surface area contributed by atoms with Crippen LogP contribution in [0.4, 0.5) is 5.69 Å². The summed E-state index contributed by atoms with van der Waals surface area (Å²) in [5.74, 6) is 1.22. The molecular weight excluding hydrogens is 514 g/mol. The number of benzene rings is 3. The van der Waals surface area contributed by atoms with Gasteiger partial charge in [-0.3, -0.25) is 19.5 Å². The van der Waals surface area contributed by atoms with E-state index in [0.29, 0.717) is 39.4 Å². The monoisotopic (exact) mass is 539 g/mol. The molecule has 0 amide bonds. The van der Waals surface area contributed by atoms with Gasteiger partial charge in [-0.2, -0.15) is 0 Å². The number of non-ortho nitro benzene ring substituents is 1. The minimum atomic E-state index is -0.485. The number of nitro groups is 1. The molecule has 1 aliphatic heterocycles. The molecule has 1 aromatic heterocycles. The SMILES string of the molecule is CCOc1cc(C=c2sc3n(c2=O)C(c2cccc([N+](=O)[O-])c2)C2=C(N=3)c3ccccc3CC2)ccc1OC. The predicted octanol–water partition coefficient (Wildman–Crippen LogP) is 4.63. The summed E-state index contributed by atoms with van der Waals surface area (Å²) in [5.41, 5.74) is 5.40. The van der Waals surface area contributed by atoms with Crippen molar-refractivity contribution in [3.63, 3.8) is 0 Å². The maximum Gasteiger partial charge on any atom is 0.271 e. The van der Waals surface area contributed by atoms with Crippen LogP contribution in [0.5, 0.6) is 11.5 Å². The van der Waals surface area contributed by atoms with Gasteiger partial charge in [-0.1, -0.05) is 53.8 Å². The molecule has 196 valence electrons. The number of nitro benzene ring substituents is 1. The Morgan fingerprint density at radius 2 is 1.95 bits per heavy atom. The normalized spacial score (nSPS) is 16.2. The van der Waals surface area contributed by atoms with Crippen LogP contribution in [0.1, 0.15) is 41.6 Å². The van der Waals surface area contributed by atoms with Crippen molar-refractivity contribution >= 4 is 28.8 Å². The van der Waals surface area contributed by atoms with Gasteiger partial charge in [0.2, 0.25) is 0 Å². The number of thiazole rings is 1. The average molecular weight is 540 g/mol. The highest BCUT2D eigenvalue weighted by molar-refractivity contribution is 7.07. The Morgan fingerprint density at radius 3 is 2.74 bits per heavy atom. The molecule has 8 nitrogen and oxygen atoms in total. The lowest BCUT2D eigenvalue weighted by Gasteiger charge is -2.30. The summed E-state index contributed by atoms with van der Waals surface area (Å²) >= 11 is 1.31. The Hall–Kier alpha value is -4.50. The van der Waals surface area contributed by atoms with Gasteiger partial charge in [0.1, 0.15) is 0 Å². The van der Waals surface area contributed by atoms with Crippen molar-refractivity contribution < 1.29 is 14.4 Å². The Kier molecular flexibility index (Phi) is 6.36. The fourth-order valence-electron chi connectivity index (χ4n) is 5.33. The van der Waals surface area contributed by atoms with Gasteiger partial charge in [0.25, 0.3) is 11.2 Å². The lowest BCUT2D eigenvalue weighted by atomic mass is 9.83. The van der Waals surface area contributed by atoms with E-state index in [4.69, 9.17) is 14.5 Å². The van der Waals surface area contributed by atoms with Crippen LogP contribution in [0.25, 0.3) is 11.8 Å². The lowest BCUT2D eigenvalue weighted by Crippen LogP contribution is -2.38. The van der Waals surface area contributed by atoms with Crippen LogP contribution in [0.3, 0.4) is 0 Å². The molecule has 9 heteroatoms. The first-order chi connectivity index (χ1) is 19.0. The van der Waals surface area contributed by atoms with Gasteiger partial charge >= 0.3 is 0 Å².